The van der Waals surface area contributed by atoms with Gasteiger partial charge < -0.3 is 9.96 Å². The Bertz CT molecular complexity index is 358. The highest BCUT2D eigenvalue weighted by Crippen LogP contribution is 2.15. The molecule has 0 fully saturated rings. The largest absolute Gasteiger partial charge is 0.355 e. The Morgan fingerprint density at radius 3 is 1.50 bits per heavy atom. The highest BCUT2D eigenvalue weighted by Gasteiger charge is 2.20. The lowest BCUT2D eigenvalue weighted by atomic mass is 10.1. The summed E-state index contributed by atoms with van der Waals surface area (Å²) >= 11 is 0. The van der Waals surface area contributed by atoms with Crippen LogP contribution in [0.1, 0.15) is 11.1 Å². The van der Waals surface area contributed by atoms with Crippen molar-refractivity contribution in [3.63, 3.8) is 0 Å². The molecule has 2 N–H and O–H groups in total. The first-order valence-corrected chi connectivity index (χ1v) is 13.6. The Hall–Kier alpha value is -0.556. The lowest BCUT2D eigenvalue weighted by Gasteiger charge is -2.39. The fraction of sp³-hybridized carbons (Fsp3) is 0.500. The van der Waals surface area contributed by atoms with E-state index >= 15 is 0 Å². The Balaban J connectivity index is 2.93. The molecule has 0 bridgehead atoms. The molecule has 1 aromatic carbocycles. The summed E-state index contributed by atoms with van der Waals surface area (Å²) in [5.74, 6) is 0. The zero-order valence-electron chi connectivity index (χ0n) is 12.8. The summed E-state index contributed by atoms with van der Waals surface area (Å²) in [4.78, 5) is 7.46. The molecule has 1 rings (SSSR count). The lowest BCUT2D eigenvalue weighted by Crippen LogP contribution is -2.55. The zero-order chi connectivity index (χ0) is 14.0. The van der Waals surface area contributed by atoms with Crippen molar-refractivity contribution in [3.05, 3.63) is 41.6 Å². The average Bonchev–Trinajstić information content (AvgIpc) is 2.13. The van der Waals surface area contributed by atoms with Crippen molar-refractivity contribution < 1.29 is 0 Å². The molecule has 4 heteroatoms. The van der Waals surface area contributed by atoms with Crippen LogP contribution in [0.4, 0.5) is 0 Å². The molecule has 0 amide bonds. The van der Waals surface area contributed by atoms with Crippen LogP contribution in [-0.4, -0.2) is 16.5 Å². The highest BCUT2D eigenvalue weighted by atomic mass is 28.3. The highest BCUT2D eigenvalue weighted by molar-refractivity contribution is 6.75. The maximum atomic E-state index is 3.73. The van der Waals surface area contributed by atoms with Crippen molar-refractivity contribution in [1.29, 1.82) is 0 Å². The van der Waals surface area contributed by atoms with E-state index in [0.29, 0.717) is 0 Å². The van der Waals surface area contributed by atoms with Crippen LogP contribution in [0.2, 0.25) is 39.3 Å². The van der Waals surface area contributed by atoms with Crippen LogP contribution in [0.25, 0.3) is 0 Å². The van der Waals surface area contributed by atoms with E-state index in [-0.39, 0.29) is 0 Å². The number of hydrogen-bond donors (Lipinski definition) is 2. The van der Waals surface area contributed by atoms with Gasteiger partial charge in [0.25, 0.3) is 0 Å². The fourth-order valence-corrected chi connectivity index (χ4v) is 3.68. The smallest absolute Gasteiger partial charge is 0.110 e. The van der Waals surface area contributed by atoms with Gasteiger partial charge in [0.1, 0.15) is 16.5 Å². The third-order valence-electron chi connectivity index (χ3n) is 2.34. The van der Waals surface area contributed by atoms with E-state index in [9.17, 15) is 0 Å². The van der Waals surface area contributed by atoms with Crippen molar-refractivity contribution in [2.45, 2.75) is 46.2 Å². The van der Waals surface area contributed by atoms with Gasteiger partial charge in [-0.3, -0.25) is 0 Å². The minimum atomic E-state index is -1.34. The molecule has 0 aliphatic rings. The van der Waals surface area contributed by atoms with Crippen LogP contribution in [0.3, 0.4) is 0 Å². The van der Waals surface area contributed by atoms with Gasteiger partial charge in [-0.15, -0.1) is 12.1 Å². The fourth-order valence-electron chi connectivity index (χ4n) is 1.65. The van der Waals surface area contributed by atoms with E-state index in [1.54, 1.807) is 0 Å². The Labute approximate surface area is 114 Å². The second-order valence-electron chi connectivity index (χ2n) is 6.99. The van der Waals surface area contributed by atoms with Gasteiger partial charge >= 0.3 is 0 Å². The summed E-state index contributed by atoms with van der Waals surface area (Å²) in [6.07, 6.45) is 1.22. The molecule has 102 valence electrons. The van der Waals surface area contributed by atoms with Crippen LogP contribution >= 0.6 is 0 Å². The summed E-state index contributed by atoms with van der Waals surface area (Å²) in [6.45, 7) is 16.1. The Kier molecular flexibility index (Phi) is 4.83. The summed E-state index contributed by atoms with van der Waals surface area (Å²) in [5, 5.41) is 0. The van der Waals surface area contributed by atoms with E-state index in [4.69, 9.17) is 0 Å². The Morgan fingerprint density at radius 1 is 0.778 bits per heavy atom. The molecule has 0 unspecified atom stereocenters. The average molecular weight is 280 g/mol. The summed E-state index contributed by atoms with van der Waals surface area (Å²) in [5.41, 5.74) is 2.57. The van der Waals surface area contributed by atoms with Gasteiger partial charge in [-0.2, -0.15) is 17.7 Å². The molecule has 18 heavy (non-hydrogen) atoms. The maximum Gasteiger partial charge on any atom is 0.110 e. The summed E-state index contributed by atoms with van der Waals surface area (Å²) < 4.78 is 0. The van der Waals surface area contributed by atoms with E-state index < -0.39 is 16.5 Å². The standard InChI is InChI=1S/C14H27N2Si2/c1-12-8-10-13(11-9-12)14(15-17(2,3)4)16-18(5,6)7/h8-11,15-16H,1-7H3/q-1. The molecule has 0 heterocycles. The van der Waals surface area contributed by atoms with Crippen molar-refractivity contribution in [3.8, 4) is 0 Å². The molecule has 0 saturated carbocycles. The number of aryl methyl sites for hydroxylation is 1. The van der Waals surface area contributed by atoms with E-state index in [1.807, 2.05) is 0 Å². The molecule has 0 radical (unpaired) electrons. The minimum Gasteiger partial charge on any atom is -0.355 e. The SMILES string of the molecule is Cc1ccc([C-](N[Si](C)(C)C)N[Si](C)(C)C)cc1. The second-order valence-corrected chi connectivity index (χ2v) is 16.5. The van der Waals surface area contributed by atoms with Gasteiger partial charge in [0.05, 0.1) is 0 Å². The van der Waals surface area contributed by atoms with Crippen molar-refractivity contribution in [1.82, 2.24) is 9.96 Å². The predicted octanol–water partition coefficient (Wildman–Crippen LogP) is 3.68. The molecule has 2 nitrogen and oxygen atoms in total. The molecule has 0 spiro atoms. The van der Waals surface area contributed by atoms with Crippen molar-refractivity contribution >= 4 is 16.5 Å². The first-order chi connectivity index (χ1) is 8.07. The third-order valence-corrected chi connectivity index (χ3v) is 4.34. The van der Waals surface area contributed by atoms with Gasteiger partial charge in [0, 0.05) is 0 Å². The van der Waals surface area contributed by atoms with Crippen molar-refractivity contribution in [2.24, 2.45) is 0 Å². The number of rotatable bonds is 5. The normalized spacial score (nSPS) is 12.6. The monoisotopic (exact) mass is 279 g/mol. The summed E-state index contributed by atoms with van der Waals surface area (Å²) in [6, 6.07) is 8.75. The van der Waals surface area contributed by atoms with Crippen LogP contribution in [-0.2, 0) is 0 Å². The van der Waals surface area contributed by atoms with Gasteiger partial charge in [-0.25, -0.2) is 0 Å². The molecule has 0 saturated heterocycles. The van der Waals surface area contributed by atoms with Crippen LogP contribution < -0.4 is 9.96 Å². The van der Waals surface area contributed by atoms with Crippen LogP contribution in [0.15, 0.2) is 24.3 Å². The molecular formula is C14H27N2Si2-. The summed E-state index contributed by atoms with van der Waals surface area (Å²) in [7, 11) is -2.69. The van der Waals surface area contributed by atoms with Gasteiger partial charge in [-0.1, -0.05) is 51.0 Å². The van der Waals surface area contributed by atoms with E-state index in [1.165, 1.54) is 17.3 Å². The van der Waals surface area contributed by atoms with E-state index in [2.05, 4.69) is 80.4 Å². The molecule has 0 atom stereocenters. The minimum absolute atomic E-state index is 1.22. The quantitative estimate of drug-likeness (QED) is 0.634. The van der Waals surface area contributed by atoms with E-state index in [0.717, 1.165) is 0 Å². The Morgan fingerprint density at radius 2 is 1.17 bits per heavy atom. The number of hydrogen-bond acceptors (Lipinski definition) is 2. The predicted molar refractivity (Wildman–Crippen MR) is 86.5 cm³/mol. The first-order valence-electron chi connectivity index (χ1n) is 6.57. The molecule has 0 aliphatic heterocycles. The number of nitrogens with one attached hydrogen (secondary N) is 2. The van der Waals surface area contributed by atoms with Gasteiger partial charge in [-0.05, 0) is 6.92 Å². The number of benzene rings is 1. The molecule has 0 aliphatic carbocycles. The molecule has 0 aromatic heterocycles. The first kappa shape index (κ1) is 15.5. The molecular weight excluding hydrogens is 252 g/mol. The maximum absolute atomic E-state index is 3.73. The van der Waals surface area contributed by atoms with Crippen LogP contribution in [0.5, 0.6) is 0 Å². The second kappa shape index (κ2) is 5.61. The van der Waals surface area contributed by atoms with Gasteiger partial charge in [0.15, 0.2) is 0 Å². The zero-order valence-corrected chi connectivity index (χ0v) is 14.8. The lowest BCUT2D eigenvalue weighted by molar-refractivity contribution is 0.834. The molecule has 1 aromatic rings. The van der Waals surface area contributed by atoms with Crippen LogP contribution in [0, 0.1) is 13.1 Å². The topological polar surface area (TPSA) is 24.1 Å². The van der Waals surface area contributed by atoms with Gasteiger partial charge in [0.2, 0.25) is 0 Å². The third kappa shape index (κ3) is 5.86. The van der Waals surface area contributed by atoms with Crippen molar-refractivity contribution in [2.75, 3.05) is 0 Å².